The predicted molar refractivity (Wildman–Crippen MR) is 101 cm³/mol. The molecule has 24 heavy (non-hydrogen) atoms. The van der Waals surface area contributed by atoms with Gasteiger partial charge in [0.15, 0.2) is 0 Å². The van der Waals surface area contributed by atoms with Gasteiger partial charge < -0.3 is 4.43 Å². The summed E-state index contributed by atoms with van der Waals surface area (Å²) in [5.74, 6) is 1.54. The van der Waals surface area contributed by atoms with Gasteiger partial charge in [0.25, 0.3) is 10.1 Å². The molecule has 0 aromatic heterocycles. The van der Waals surface area contributed by atoms with Crippen molar-refractivity contribution in [3.05, 3.63) is 11.3 Å². The average molecular weight is 375 g/mol. The summed E-state index contributed by atoms with van der Waals surface area (Å²) >= 11 is 0. The lowest BCUT2D eigenvalue weighted by atomic mass is 9.54. The van der Waals surface area contributed by atoms with E-state index in [1.165, 1.54) is 5.57 Å². The number of hydrogen-bond donors (Lipinski definition) is 0. The van der Waals surface area contributed by atoms with Crippen LogP contribution in [0.1, 0.15) is 53.4 Å². The van der Waals surface area contributed by atoms with E-state index in [4.69, 9.17) is 8.61 Å². The van der Waals surface area contributed by atoms with Crippen molar-refractivity contribution < 1.29 is 17.0 Å². The summed E-state index contributed by atoms with van der Waals surface area (Å²) in [5, 5.41) is 0. The maximum absolute atomic E-state index is 11.8. The third kappa shape index (κ3) is 4.64. The molecule has 0 bridgehead atoms. The van der Waals surface area contributed by atoms with Crippen LogP contribution in [0, 0.1) is 16.7 Å². The standard InChI is InChI=1S/C18H34O4SSi/c1-13-10-18(4)14(9-15(13)22-24(6,7)8)11-17(2,3)12-16(18)21-23(5,19)20/h14,16H,9-12H2,1-8H3/t14-,16+,18+/m1/s1. The SMILES string of the molecule is CC1=C(O[Si](C)(C)C)C[C@@H]2CC(C)(C)C[C@H](OS(C)(=O)=O)[C@@]2(C)C1. The monoisotopic (exact) mass is 374 g/mol. The van der Waals surface area contributed by atoms with Crippen molar-refractivity contribution in [2.45, 2.75) is 79.1 Å². The zero-order valence-corrected chi connectivity index (χ0v) is 18.3. The topological polar surface area (TPSA) is 52.6 Å². The second-order valence-electron chi connectivity index (χ2n) is 9.86. The van der Waals surface area contributed by atoms with Crippen molar-refractivity contribution in [3.63, 3.8) is 0 Å². The maximum Gasteiger partial charge on any atom is 0.264 e. The predicted octanol–water partition coefficient (Wildman–Crippen LogP) is 4.69. The van der Waals surface area contributed by atoms with E-state index in [-0.39, 0.29) is 16.9 Å². The minimum Gasteiger partial charge on any atom is -0.547 e. The van der Waals surface area contributed by atoms with E-state index < -0.39 is 18.4 Å². The summed E-state index contributed by atoms with van der Waals surface area (Å²) in [7, 11) is -5.11. The Hall–Kier alpha value is -0.333. The lowest BCUT2D eigenvalue weighted by molar-refractivity contribution is -0.0756. The van der Waals surface area contributed by atoms with E-state index >= 15 is 0 Å². The summed E-state index contributed by atoms with van der Waals surface area (Å²) in [6.07, 6.45) is 4.53. The van der Waals surface area contributed by atoms with E-state index in [2.05, 4.69) is 47.3 Å². The van der Waals surface area contributed by atoms with Crippen molar-refractivity contribution in [3.8, 4) is 0 Å². The normalized spacial score (nSPS) is 34.0. The third-order valence-electron chi connectivity index (χ3n) is 5.48. The van der Waals surface area contributed by atoms with E-state index in [0.717, 1.165) is 37.7 Å². The minimum absolute atomic E-state index is 0.0784. The lowest BCUT2D eigenvalue weighted by Crippen LogP contribution is -2.52. The van der Waals surface area contributed by atoms with Gasteiger partial charge in [0, 0.05) is 11.8 Å². The summed E-state index contributed by atoms with van der Waals surface area (Å²) in [5.41, 5.74) is 1.20. The molecule has 0 heterocycles. The second kappa shape index (κ2) is 6.13. The van der Waals surface area contributed by atoms with Crippen LogP contribution in [0.3, 0.4) is 0 Å². The number of rotatable bonds is 4. The number of allylic oxidation sites excluding steroid dienone is 2. The van der Waals surface area contributed by atoms with E-state index in [9.17, 15) is 8.42 Å². The Balaban J connectivity index is 2.37. The summed E-state index contributed by atoms with van der Waals surface area (Å²) in [6.45, 7) is 15.4. The van der Waals surface area contributed by atoms with Gasteiger partial charge in [-0.05, 0) is 62.7 Å². The van der Waals surface area contributed by atoms with Crippen LogP contribution in [0.2, 0.25) is 19.6 Å². The van der Waals surface area contributed by atoms with Gasteiger partial charge in [0.1, 0.15) is 0 Å². The third-order valence-corrected chi connectivity index (χ3v) is 6.92. The largest absolute Gasteiger partial charge is 0.547 e. The quantitative estimate of drug-likeness (QED) is 0.529. The summed E-state index contributed by atoms with van der Waals surface area (Å²) in [4.78, 5) is 0. The smallest absolute Gasteiger partial charge is 0.264 e. The highest BCUT2D eigenvalue weighted by Gasteiger charge is 2.53. The van der Waals surface area contributed by atoms with Gasteiger partial charge in [-0.15, -0.1) is 0 Å². The van der Waals surface area contributed by atoms with Gasteiger partial charge in [0.2, 0.25) is 8.32 Å². The van der Waals surface area contributed by atoms with E-state index in [1.807, 2.05) is 0 Å². The molecule has 3 atom stereocenters. The molecule has 0 saturated heterocycles. The van der Waals surface area contributed by atoms with Crippen molar-refractivity contribution in [2.75, 3.05) is 6.26 Å². The first-order valence-corrected chi connectivity index (χ1v) is 14.1. The Kier molecular flexibility index (Phi) is 5.10. The molecule has 0 aliphatic heterocycles. The lowest BCUT2D eigenvalue weighted by Gasteiger charge is -2.54. The molecule has 1 fully saturated rings. The van der Waals surface area contributed by atoms with Gasteiger partial charge in [-0.2, -0.15) is 8.42 Å². The molecule has 0 radical (unpaired) electrons. The Bertz CT molecular complexity index is 630. The van der Waals surface area contributed by atoms with Gasteiger partial charge in [-0.1, -0.05) is 20.8 Å². The Morgan fingerprint density at radius 3 is 2.21 bits per heavy atom. The highest BCUT2D eigenvalue weighted by atomic mass is 32.2. The van der Waals surface area contributed by atoms with Crippen LogP contribution < -0.4 is 0 Å². The molecule has 2 aliphatic carbocycles. The van der Waals surface area contributed by atoms with E-state index in [0.29, 0.717) is 5.92 Å². The first kappa shape index (κ1) is 20.0. The highest BCUT2D eigenvalue weighted by molar-refractivity contribution is 7.86. The first-order chi connectivity index (χ1) is 10.6. The molecule has 0 spiro atoms. The molecule has 4 nitrogen and oxygen atoms in total. The fraction of sp³-hybridized carbons (Fsp3) is 0.889. The van der Waals surface area contributed by atoms with Crippen molar-refractivity contribution in [1.29, 1.82) is 0 Å². The Morgan fingerprint density at radius 1 is 1.12 bits per heavy atom. The molecule has 1 saturated carbocycles. The number of fused-ring (bicyclic) bond motifs is 1. The van der Waals surface area contributed by atoms with Crippen LogP contribution in [-0.2, 0) is 18.7 Å². The van der Waals surface area contributed by atoms with E-state index in [1.54, 1.807) is 0 Å². The van der Waals surface area contributed by atoms with Crippen molar-refractivity contribution >= 4 is 18.4 Å². The van der Waals surface area contributed by atoms with Gasteiger partial charge in [-0.25, -0.2) is 0 Å². The minimum atomic E-state index is -3.46. The van der Waals surface area contributed by atoms with Gasteiger partial charge in [-0.3, -0.25) is 4.18 Å². The molecule has 0 unspecified atom stereocenters. The van der Waals surface area contributed by atoms with Crippen LogP contribution in [-0.4, -0.2) is 29.1 Å². The zero-order chi connectivity index (χ0) is 18.6. The molecule has 6 heteroatoms. The number of hydrogen-bond acceptors (Lipinski definition) is 4. The van der Waals surface area contributed by atoms with Gasteiger partial charge >= 0.3 is 0 Å². The molecule has 0 amide bonds. The fourth-order valence-corrected chi connectivity index (χ4v) is 6.17. The molecule has 0 aromatic carbocycles. The molecule has 2 aliphatic rings. The van der Waals surface area contributed by atoms with Crippen LogP contribution in [0.4, 0.5) is 0 Å². The van der Waals surface area contributed by atoms with Crippen LogP contribution in [0.5, 0.6) is 0 Å². The van der Waals surface area contributed by atoms with Crippen LogP contribution >= 0.6 is 0 Å². The second-order valence-corrected chi connectivity index (χ2v) is 15.9. The van der Waals surface area contributed by atoms with Crippen molar-refractivity contribution in [2.24, 2.45) is 16.7 Å². The highest BCUT2D eigenvalue weighted by Crippen LogP contribution is 2.57. The molecule has 0 N–H and O–H groups in total. The van der Waals surface area contributed by atoms with Gasteiger partial charge in [0.05, 0.1) is 18.1 Å². The molecular formula is C18H34O4SSi. The molecule has 2 rings (SSSR count). The average Bonchev–Trinajstić information content (AvgIpc) is 2.29. The van der Waals surface area contributed by atoms with Crippen LogP contribution in [0.15, 0.2) is 11.3 Å². The molecular weight excluding hydrogens is 340 g/mol. The Labute approximate surface area is 149 Å². The zero-order valence-electron chi connectivity index (χ0n) is 16.5. The van der Waals surface area contributed by atoms with Crippen molar-refractivity contribution in [1.82, 2.24) is 0 Å². The summed E-state index contributed by atoms with van der Waals surface area (Å²) < 4.78 is 35.6. The Morgan fingerprint density at radius 2 is 1.71 bits per heavy atom. The maximum atomic E-state index is 11.8. The fourth-order valence-electron chi connectivity index (χ4n) is 4.47. The molecule has 0 aromatic rings. The van der Waals surface area contributed by atoms with Crippen LogP contribution in [0.25, 0.3) is 0 Å². The molecule has 140 valence electrons. The first-order valence-electron chi connectivity index (χ1n) is 8.87. The summed E-state index contributed by atoms with van der Waals surface area (Å²) in [6, 6.07) is 0.